The molecule has 27 heavy (non-hydrogen) atoms. The quantitative estimate of drug-likeness (QED) is 0.555. The van der Waals surface area contributed by atoms with Gasteiger partial charge in [0.15, 0.2) is 5.82 Å². The van der Waals surface area contributed by atoms with Crippen molar-refractivity contribution < 1.29 is 14.0 Å². The first-order chi connectivity index (χ1) is 13.0. The van der Waals surface area contributed by atoms with Crippen molar-refractivity contribution in [1.29, 1.82) is 0 Å². The summed E-state index contributed by atoms with van der Waals surface area (Å²) >= 11 is 12.3. The summed E-state index contributed by atoms with van der Waals surface area (Å²) in [6.45, 7) is 4.16. The summed E-state index contributed by atoms with van der Waals surface area (Å²) in [5, 5.41) is 5.23. The van der Waals surface area contributed by atoms with Crippen LogP contribution in [0, 0.1) is 6.92 Å². The molecular weight excluding hydrogens is 391 g/mol. The number of hydrogen-bond acceptors (Lipinski definition) is 7. The molecule has 0 aliphatic heterocycles. The third-order valence-electron chi connectivity index (χ3n) is 4.03. The predicted molar refractivity (Wildman–Crippen MR) is 106 cm³/mol. The van der Waals surface area contributed by atoms with E-state index in [4.69, 9.17) is 37.2 Å². The summed E-state index contributed by atoms with van der Waals surface area (Å²) < 4.78 is 16.1. The number of aryl methyl sites for hydroxylation is 1. The minimum atomic E-state index is 0.478. The monoisotopic (exact) mass is 410 g/mol. The van der Waals surface area contributed by atoms with Crippen LogP contribution in [0.5, 0.6) is 0 Å². The number of halogens is 2. The number of ether oxygens (including phenoxy) is 2. The van der Waals surface area contributed by atoms with Gasteiger partial charge in [-0.15, -0.1) is 0 Å². The molecule has 0 N–H and O–H groups in total. The number of aromatic nitrogens is 3. The number of hydrogen-bond donors (Lipinski definition) is 0. The van der Waals surface area contributed by atoms with Gasteiger partial charge in [0.05, 0.1) is 18.2 Å². The molecule has 0 unspecified atom stereocenters. The molecule has 2 heterocycles. The Morgan fingerprint density at radius 2 is 1.78 bits per heavy atom. The van der Waals surface area contributed by atoms with E-state index in [1.807, 2.05) is 11.8 Å². The number of anilines is 1. The highest BCUT2D eigenvalue weighted by molar-refractivity contribution is 6.36. The predicted octanol–water partition coefficient (Wildman–Crippen LogP) is 4.00. The number of rotatable bonds is 8. The molecule has 2 aromatic heterocycles. The van der Waals surface area contributed by atoms with Crippen molar-refractivity contribution in [1.82, 2.24) is 15.1 Å². The minimum Gasteiger partial charge on any atom is -0.383 e. The van der Waals surface area contributed by atoms with E-state index in [9.17, 15) is 0 Å². The van der Waals surface area contributed by atoms with Crippen molar-refractivity contribution in [2.24, 2.45) is 0 Å². The van der Waals surface area contributed by atoms with Crippen molar-refractivity contribution >= 4 is 40.1 Å². The summed E-state index contributed by atoms with van der Waals surface area (Å²) in [4.78, 5) is 11.1. The normalized spacial score (nSPS) is 11.3. The van der Waals surface area contributed by atoms with E-state index < -0.39 is 0 Å². The Morgan fingerprint density at radius 3 is 2.41 bits per heavy atom. The molecule has 0 spiro atoms. The van der Waals surface area contributed by atoms with E-state index in [1.54, 1.807) is 32.4 Å². The van der Waals surface area contributed by atoms with Gasteiger partial charge in [-0.3, -0.25) is 0 Å². The van der Waals surface area contributed by atoms with E-state index in [0.29, 0.717) is 70.3 Å². The molecule has 7 nitrogen and oxygen atoms in total. The molecule has 0 amide bonds. The van der Waals surface area contributed by atoms with Gasteiger partial charge in [-0.05, 0) is 25.1 Å². The molecule has 0 saturated heterocycles. The fourth-order valence-electron chi connectivity index (χ4n) is 2.73. The Balaban J connectivity index is 2.11. The van der Waals surface area contributed by atoms with Crippen LogP contribution < -0.4 is 4.90 Å². The highest BCUT2D eigenvalue weighted by atomic mass is 35.5. The SMILES string of the molecule is COCCN(CCOC)c1nc(C)nc2c(-c3ccc(Cl)cc3Cl)noc12. The van der Waals surface area contributed by atoms with Crippen molar-refractivity contribution in [3.63, 3.8) is 0 Å². The van der Waals surface area contributed by atoms with Gasteiger partial charge in [0.2, 0.25) is 5.58 Å². The lowest BCUT2D eigenvalue weighted by molar-refractivity contribution is 0.190. The van der Waals surface area contributed by atoms with Crippen LogP contribution in [-0.2, 0) is 9.47 Å². The second-order valence-corrected chi connectivity index (χ2v) is 6.74. The minimum absolute atomic E-state index is 0.478. The summed E-state index contributed by atoms with van der Waals surface area (Å²) in [7, 11) is 3.31. The van der Waals surface area contributed by atoms with Crippen LogP contribution in [0.1, 0.15) is 5.82 Å². The fraction of sp³-hybridized carbons (Fsp3) is 0.389. The van der Waals surface area contributed by atoms with Gasteiger partial charge in [0.25, 0.3) is 0 Å². The second-order valence-electron chi connectivity index (χ2n) is 5.90. The van der Waals surface area contributed by atoms with Crippen molar-refractivity contribution in [2.75, 3.05) is 45.4 Å². The average molecular weight is 411 g/mol. The summed E-state index contributed by atoms with van der Waals surface area (Å²) in [6.07, 6.45) is 0. The topological polar surface area (TPSA) is 73.5 Å². The van der Waals surface area contributed by atoms with Gasteiger partial charge in [-0.25, -0.2) is 9.97 Å². The average Bonchev–Trinajstić information content (AvgIpc) is 3.05. The van der Waals surface area contributed by atoms with E-state index in [-0.39, 0.29) is 0 Å². The Bertz CT molecular complexity index is 924. The molecule has 0 atom stereocenters. The second kappa shape index (κ2) is 8.84. The third-order valence-corrected chi connectivity index (χ3v) is 4.58. The molecule has 0 fully saturated rings. The largest absolute Gasteiger partial charge is 0.383 e. The number of methoxy groups -OCH3 is 2. The molecule has 3 aromatic rings. The molecule has 9 heteroatoms. The van der Waals surface area contributed by atoms with E-state index in [2.05, 4.69) is 15.1 Å². The zero-order chi connectivity index (χ0) is 19.4. The van der Waals surface area contributed by atoms with Crippen molar-refractivity contribution in [3.05, 3.63) is 34.1 Å². The van der Waals surface area contributed by atoms with Crippen LogP contribution in [0.15, 0.2) is 22.7 Å². The van der Waals surface area contributed by atoms with Gasteiger partial charge in [-0.1, -0.05) is 28.4 Å². The van der Waals surface area contributed by atoms with Crippen LogP contribution in [0.4, 0.5) is 5.82 Å². The Kier molecular flexibility index (Phi) is 6.49. The van der Waals surface area contributed by atoms with Gasteiger partial charge < -0.3 is 18.9 Å². The molecule has 3 rings (SSSR count). The Hall–Kier alpha value is -1.93. The first kappa shape index (κ1) is 19.8. The molecular formula is C18H20Cl2N4O3. The maximum Gasteiger partial charge on any atom is 0.228 e. The van der Waals surface area contributed by atoms with Crippen molar-refractivity contribution in [3.8, 4) is 11.3 Å². The first-order valence-corrected chi connectivity index (χ1v) is 9.13. The van der Waals surface area contributed by atoms with Crippen LogP contribution in [0.3, 0.4) is 0 Å². The lowest BCUT2D eigenvalue weighted by atomic mass is 10.1. The molecule has 144 valence electrons. The maximum atomic E-state index is 6.35. The van der Waals surface area contributed by atoms with E-state index in [0.717, 1.165) is 0 Å². The zero-order valence-electron chi connectivity index (χ0n) is 15.3. The van der Waals surface area contributed by atoms with Gasteiger partial charge in [0.1, 0.15) is 17.0 Å². The highest BCUT2D eigenvalue weighted by Gasteiger charge is 2.22. The van der Waals surface area contributed by atoms with Crippen LogP contribution >= 0.6 is 23.2 Å². The lowest BCUT2D eigenvalue weighted by Crippen LogP contribution is -2.31. The smallest absolute Gasteiger partial charge is 0.228 e. The van der Waals surface area contributed by atoms with Gasteiger partial charge in [-0.2, -0.15) is 0 Å². The number of nitrogens with zero attached hydrogens (tertiary/aromatic N) is 4. The summed E-state index contributed by atoms with van der Waals surface area (Å²) in [6, 6.07) is 5.21. The Labute approximate surface area is 167 Å². The zero-order valence-corrected chi connectivity index (χ0v) is 16.8. The standard InChI is InChI=1S/C18H20Cl2N4O3/c1-11-21-16-15(13-5-4-12(19)10-14(13)20)23-27-17(16)18(22-11)24(6-8-25-2)7-9-26-3/h4-5,10H,6-9H2,1-3H3. The van der Waals surface area contributed by atoms with Gasteiger partial charge >= 0.3 is 0 Å². The Morgan fingerprint density at radius 1 is 1.07 bits per heavy atom. The number of benzene rings is 1. The van der Waals surface area contributed by atoms with Crippen LogP contribution in [-0.4, -0.2) is 55.6 Å². The van der Waals surface area contributed by atoms with E-state index >= 15 is 0 Å². The molecule has 0 bridgehead atoms. The van der Waals surface area contributed by atoms with Gasteiger partial charge in [0, 0.05) is 37.9 Å². The molecule has 1 aromatic carbocycles. The molecule has 0 aliphatic rings. The van der Waals surface area contributed by atoms with E-state index in [1.165, 1.54) is 0 Å². The van der Waals surface area contributed by atoms with Crippen molar-refractivity contribution in [2.45, 2.75) is 6.92 Å². The lowest BCUT2D eigenvalue weighted by Gasteiger charge is -2.22. The number of fused-ring (bicyclic) bond motifs is 1. The highest BCUT2D eigenvalue weighted by Crippen LogP contribution is 2.36. The molecule has 0 radical (unpaired) electrons. The fourth-order valence-corrected chi connectivity index (χ4v) is 3.22. The summed E-state index contributed by atoms with van der Waals surface area (Å²) in [5.41, 5.74) is 2.34. The molecule has 0 aliphatic carbocycles. The third kappa shape index (κ3) is 4.32. The first-order valence-electron chi connectivity index (χ1n) is 8.37. The summed E-state index contributed by atoms with van der Waals surface area (Å²) in [5.74, 6) is 1.25. The van der Waals surface area contributed by atoms with Crippen LogP contribution in [0.2, 0.25) is 10.0 Å². The maximum absolute atomic E-state index is 6.35. The molecule has 0 saturated carbocycles. The van der Waals surface area contributed by atoms with Crippen LogP contribution in [0.25, 0.3) is 22.4 Å².